The summed E-state index contributed by atoms with van der Waals surface area (Å²) in [4.78, 5) is 24.4. The predicted octanol–water partition coefficient (Wildman–Crippen LogP) is 2.53. The normalized spacial score (nSPS) is 10.6. The van der Waals surface area contributed by atoms with Gasteiger partial charge in [-0.3, -0.25) is 9.59 Å². The second-order valence-electron chi connectivity index (χ2n) is 4.43. The number of amides is 1. The maximum Gasteiger partial charge on any atom is 0.323 e. The molecule has 17 heavy (non-hydrogen) atoms. The molecule has 4 nitrogen and oxygen atoms in total. The minimum Gasteiger partial charge on any atom is -0.480 e. The van der Waals surface area contributed by atoms with Crippen molar-refractivity contribution < 1.29 is 14.7 Å². The van der Waals surface area contributed by atoms with Crippen molar-refractivity contribution in [3.05, 3.63) is 0 Å². The molecule has 0 rings (SSSR count). The molecule has 1 N–H and O–H groups in total. The summed E-state index contributed by atoms with van der Waals surface area (Å²) < 4.78 is 0. The van der Waals surface area contributed by atoms with E-state index in [0.717, 1.165) is 32.1 Å². The van der Waals surface area contributed by atoms with Crippen molar-refractivity contribution >= 4 is 11.9 Å². The van der Waals surface area contributed by atoms with Gasteiger partial charge in [0.15, 0.2) is 0 Å². The van der Waals surface area contributed by atoms with Crippen LogP contribution < -0.4 is 0 Å². The molecule has 0 aliphatic rings. The first-order chi connectivity index (χ1) is 8.06. The Morgan fingerprint density at radius 3 is 1.94 bits per heavy atom. The third-order valence-electron chi connectivity index (χ3n) is 2.75. The minimum absolute atomic E-state index is 0.00380. The quantitative estimate of drug-likeness (QED) is 0.677. The monoisotopic (exact) mass is 243 g/mol. The van der Waals surface area contributed by atoms with Crippen LogP contribution in [0.1, 0.15) is 52.9 Å². The molecule has 0 aromatic rings. The molecule has 0 spiro atoms. The van der Waals surface area contributed by atoms with Crippen molar-refractivity contribution in [1.82, 2.24) is 4.90 Å². The lowest BCUT2D eigenvalue weighted by Gasteiger charge is -2.25. The van der Waals surface area contributed by atoms with Gasteiger partial charge in [0.1, 0.15) is 6.54 Å². The maximum atomic E-state index is 12.2. The third-order valence-corrected chi connectivity index (χ3v) is 2.75. The summed E-state index contributed by atoms with van der Waals surface area (Å²) >= 11 is 0. The van der Waals surface area contributed by atoms with Crippen LogP contribution in [-0.4, -0.2) is 35.0 Å². The molecule has 0 aliphatic carbocycles. The molecular formula is C13H25NO3. The Morgan fingerprint density at radius 2 is 1.59 bits per heavy atom. The number of rotatable bonds is 9. The maximum absolute atomic E-state index is 12.2. The topological polar surface area (TPSA) is 57.6 Å². The van der Waals surface area contributed by atoms with E-state index in [9.17, 15) is 9.59 Å². The fourth-order valence-corrected chi connectivity index (χ4v) is 2.05. The molecule has 0 radical (unpaired) electrons. The number of carboxylic acids is 1. The van der Waals surface area contributed by atoms with Gasteiger partial charge >= 0.3 is 5.97 Å². The molecule has 0 atom stereocenters. The van der Waals surface area contributed by atoms with Crippen LogP contribution in [-0.2, 0) is 9.59 Å². The van der Waals surface area contributed by atoms with Crippen LogP contribution >= 0.6 is 0 Å². The lowest BCUT2D eigenvalue weighted by Crippen LogP contribution is -2.40. The van der Waals surface area contributed by atoms with Gasteiger partial charge in [-0.05, 0) is 19.3 Å². The summed E-state index contributed by atoms with van der Waals surface area (Å²) in [5.74, 6) is -0.924. The zero-order chi connectivity index (χ0) is 13.3. The van der Waals surface area contributed by atoms with E-state index in [2.05, 4.69) is 13.8 Å². The fraction of sp³-hybridized carbons (Fsp3) is 0.846. The molecule has 0 heterocycles. The first-order valence-corrected chi connectivity index (χ1v) is 6.57. The van der Waals surface area contributed by atoms with E-state index in [1.165, 1.54) is 4.90 Å². The van der Waals surface area contributed by atoms with Crippen molar-refractivity contribution in [2.75, 3.05) is 13.1 Å². The minimum atomic E-state index is -0.932. The van der Waals surface area contributed by atoms with Crippen LogP contribution in [0.5, 0.6) is 0 Å². The Morgan fingerprint density at radius 1 is 1.06 bits per heavy atom. The Hall–Kier alpha value is -1.06. The van der Waals surface area contributed by atoms with Crippen LogP contribution in [0.25, 0.3) is 0 Å². The smallest absolute Gasteiger partial charge is 0.323 e. The number of hydrogen-bond donors (Lipinski definition) is 1. The summed E-state index contributed by atoms with van der Waals surface area (Å²) in [6.07, 6.45) is 4.43. The van der Waals surface area contributed by atoms with Gasteiger partial charge in [-0.2, -0.15) is 0 Å². The largest absolute Gasteiger partial charge is 0.480 e. The van der Waals surface area contributed by atoms with Crippen LogP contribution in [0.4, 0.5) is 0 Å². The molecule has 0 aromatic carbocycles. The van der Waals surface area contributed by atoms with E-state index in [4.69, 9.17) is 5.11 Å². The van der Waals surface area contributed by atoms with Crippen LogP contribution in [0, 0.1) is 5.92 Å². The average Bonchev–Trinajstić information content (AvgIpc) is 2.27. The highest BCUT2D eigenvalue weighted by molar-refractivity contribution is 5.83. The van der Waals surface area contributed by atoms with Crippen molar-refractivity contribution in [3.8, 4) is 0 Å². The van der Waals surface area contributed by atoms with Crippen LogP contribution in [0.15, 0.2) is 0 Å². The summed E-state index contributed by atoms with van der Waals surface area (Å²) in [5.41, 5.74) is 0. The molecule has 0 fully saturated rings. The summed E-state index contributed by atoms with van der Waals surface area (Å²) in [5, 5.41) is 8.81. The zero-order valence-electron chi connectivity index (χ0n) is 11.2. The zero-order valence-corrected chi connectivity index (χ0v) is 11.2. The highest BCUT2D eigenvalue weighted by Gasteiger charge is 2.23. The second-order valence-corrected chi connectivity index (χ2v) is 4.43. The Balaban J connectivity index is 4.57. The average molecular weight is 243 g/mol. The van der Waals surface area contributed by atoms with E-state index in [-0.39, 0.29) is 18.4 Å². The highest BCUT2D eigenvalue weighted by Crippen LogP contribution is 2.17. The van der Waals surface area contributed by atoms with Gasteiger partial charge in [-0.15, -0.1) is 0 Å². The molecule has 0 saturated carbocycles. The molecule has 0 unspecified atom stereocenters. The van der Waals surface area contributed by atoms with Gasteiger partial charge < -0.3 is 10.0 Å². The lowest BCUT2D eigenvalue weighted by atomic mass is 9.96. The molecule has 4 heteroatoms. The molecule has 1 amide bonds. The molecule has 0 aromatic heterocycles. The van der Waals surface area contributed by atoms with Gasteiger partial charge in [0, 0.05) is 12.5 Å². The van der Waals surface area contributed by atoms with Crippen LogP contribution in [0.3, 0.4) is 0 Å². The number of aliphatic carboxylic acids is 1. The Labute approximate surface area is 104 Å². The van der Waals surface area contributed by atoms with Gasteiger partial charge in [0.2, 0.25) is 5.91 Å². The molecular weight excluding hydrogens is 218 g/mol. The van der Waals surface area contributed by atoms with E-state index in [1.807, 2.05) is 6.92 Å². The van der Waals surface area contributed by atoms with Crippen molar-refractivity contribution in [2.24, 2.45) is 5.92 Å². The third kappa shape index (κ3) is 6.29. The molecule has 0 aliphatic heterocycles. The Kier molecular flexibility index (Phi) is 8.46. The van der Waals surface area contributed by atoms with Crippen molar-refractivity contribution in [2.45, 2.75) is 52.9 Å². The molecule has 0 bridgehead atoms. The highest BCUT2D eigenvalue weighted by atomic mass is 16.4. The standard InChI is InChI=1S/C13H25NO3/c1-4-7-11(8-5-2)13(17)14(9-6-3)10-12(15)16/h11H,4-10H2,1-3H3,(H,15,16). The van der Waals surface area contributed by atoms with Gasteiger partial charge in [-0.25, -0.2) is 0 Å². The number of nitrogens with zero attached hydrogens (tertiary/aromatic N) is 1. The fourth-order valence-electron chi connectivity index (χ4n) is 2.05. The van der Waals surface area contributed by atoms with Gasteiger partial charge in [-0.1, -0.05) is 33.6 Å². The SMILES string of the molecule is CCCC(CCC)C(=O)N(CCC)CC(=O)O. The van der Waals surface area contributed by atoms with Gasteiger partial charge in [0.05, 0.1) is 0 Å². The number of hydrogen-bond acceptors (Lipinski definition) is 2. The van der Waals surface area contributed by atoms with E-state index in [1.54, 1.807) is 0 Å². The van der Waals surface area contributed by atoms with Crippen molar-refractivity contribution in [1.29, 1.82) is 0 Å². The Bertz CT molecular complexity index is 235. The second kappa shape index (κ2) is 9.02. The predicted molar refractivity (Wildman–Crippen MR) is 67.8 cm³/mol. The number of carbonyl (C=O) groups excluding carboxylic acids is 1. The first-order valence-electron chi connectivity index (χ1n) is 6.57. The number of carbonyl (C=O) groups is 2. The first kappa shape index (κ1) is 15.9. The van der Waals surface area contributed by atoms with E-state index < -0.39 is 5.97 Å². The van der Waals surface area contributed by atoms with Crippen LogP contribution in [0.2, 0.25) is 0 Å². The van der Waals surface area contributed by atoms with E-state index >= 15 is 0 Å². The molecule has 100 valence electrons. The van der Waals surface area contributed by atoms with Crippen molar-refractivity contribution in [3.63, 3.8) is 0 Å². The van der Waals surface area contributed by atoms with E-state index in [0.29, 0.717) is 6.54 Å². The molecule has 0 saturated heterocycles. The summed E-state index contributed by atoms with van der Waals surface area (Å²) in [7, 11) is 0. The number of carboxylic acid groups (broad SMARTS) is 1. The summed E-state index contributed by atoms with van der Waals surface area (Å²) in [6, 6.07) is 0. The summed E-state index contributed by atoms with van der Waals surface area (Å²) in [6.45, 7) is 6.43. The van der Waals surface area contributed by atoms with Gasteiger partial charge in [0.25, 0.3) is 0 Å². The lowest BCUT2D eigenvalue weighted by molar-refractivity contribution is -0.146.